The smallest absolute Gasteiger partial charge is 0.407 e. The lowest BCUT2D eigenvalue weighted by Gasteiger charge is -2.16. The van der Waals surface area contributed by atoms with Gasteiger partial charge in [0.15, 0.2) is 5.65 Å². The van der Waals surface area contributed by atoms with Crippen LogP contribution in [-0.4, -0.2) is 62.9 Å². The van der Waals surface area contributed by atoms with E-state index in [9.17, 15) is 4.79 Å². The first-order valence-corrected chi connectivity index (χ1v) is 11.3. The highest BCUT2D eigenvalue weighted by Crippen LogP contribution is 2.42. The molecule has 30 heavy (non-hydrogen) atoms. The van der Waals surface area contributed by atoms with Gasteiger partial charge in [-0.2, -0.15) is 0 Å². The summed E-state index contributed by atoms with van der Waals surface area (Å²) >= 11 is 0. The molecule has 8 nitrogen and oxygen atoms in total. The molecule has 3 heterocycles. The lowest BCUT2D eigenvalue weighted by atomic mass is 9.93. The van der Waals surface area contributed by atoms with Gasteiger partial charge in [-0.25, -0.2) is 4.79 Å². The second kappa shape index (κ2) is 8.34. The van der Waals surface area contributed by atoms with Crippen molar-refractivity contribution in [1.82, 2.24) is 29.8 Å². The van der Waals surface area contributed by atoms with Gasteiger partial charge in [0, 0.05) is 25.4 Å². The van der Waals surface area contributed by atoms with Crippen LogP contribution in [0.15, 0.2) is 12.3 Å². The van der Waals surface area contributed by atoms with Gasteiger partial charge in [-0.05, 0) is 50.8 Å². The number of likely N-dealkylation sites (tertiary alicyclic amines) is 1. The molecule has 2 fully saturated rings. The molecule has 0 spiro atoms. The molecule has 2 aromatic heterocycles. The number of fused-ring (bicyclic) bond motifs is 3. The maximum atomic E-state index is 12.3. The average molecular weight is 411 g/mol. The Morgan fingerprint density at radius 1 is 1.27 bits per heavy atom. The van der Waals surface area contributed by atoms with Crippen molar-refractivity contribution >= 4 is 17.8 Å². The first-order chi connectivity index (χ1) is 14.7. The van der Waals surface area contributed by atoms with E-state index in [1.807, 2.05) is 0 Å². The van der Waals surface area contributed by atoms with E-state index in [0.29, 0.717) is 12.5 Å². The summed E-state index contributed by atoms with van der Waals surface area (Å²) in [6.45, 7) is 6.02. The predicted molar refractivity (Wildman–Crippen MR) is 113 cm³/mol. The van der Waals surface area contributed by atoms with E-state index in [1.54, 1.807) is 6.20 Å². The molecule has 1 aliphatic heterocycles. The minimum atomic E-state index is -0.297. The molecule has 0 unspecified atom stereocenters. The van der Waals surface area contributed by atoms with E-state index in [-0.39, 0.29) is 18.1 Å². The number of carbonyl (C=O) groups excluding carboxylic acids is 1. The van der Waals surface area contributed by atoms with Crippen molar-refractivity contribution in [2.45, 2.75) is 57.5 Å². The lowest BCUT2D eigenvalue weighted by Crippen LogP contribution is -2.35. The van der Waals surface area contributed by atoms with Crippen molar-refractivity contribution in [2.75, 3.05) is 26.2 Å². The number of hydrogen-bond acceptors (Lipinski definition) is 6. The van der Waals surface area contributed by atoms with Crippen LogP contribution in [0.3, 0.4) is 0 Å². The van der Waals surface area contributed by atoms with Crippen molar-refractivity contribution in [1.29, 1.82) is 0 Å². The topological polar surface area (TPSA) is 84.6 Å². The summed E-state index contributed by atoms with van der Waals surface area (Å²) in [5.41, 5.74) is 2.94. The summed E-state index contributed by atoms with van der Waals surface area (Å²) < 4.78 is 7.94. The molecule has 3 aliphatic rings. The van der Waals surface area contributed by atoms with Crippen LogP contribution >= 0.6 is 0 Å². The van der Waals surface area contributed by atoms with Crippen LogP contribution in [0.5, 0.6) is 0 Å². The van der Waals surface area contributed by atoms with E-state index >= 15 is 0 Å². The van der Waals surface area contributed by atoms with Crippen LogP contribution in [0.2, 0.25) is 0 Å². The van der Waals surface area contributed by atoms with Gasteiger partial charge in [0.1, 0.15) is 11.9 Å². The summed E-state index contributed by atoms with van der Waals surface area (Å²) in [4.78, 5) is 19.2. The molecule has 1 saturated carbocycles. The monoisotopic (exact) mass is 410 g/mol. The van der Waals surface area contributed by atoms with Crippen molar-refractivity contribution < 1.29 is 9.53 Å². The van der Waals surface area contributed by atoms with Crippen LogP contribution in [0.25, 0.3) is 11.7 Å². The molecule has 1 saturated heterocycles. The number of alkyl carbamates (subject to hydrolysis) is 1. The fraction of sp³-hybridized carbons (Fsp3) is 0.636. The number of aromatic nitrogens is 4. The highest BCUT2D eigenvalue weighted by molar-refractivity contribution is 5.67. The van der Waals surface area contributed by atoms with Gasteiger partial charge >= 0.3 is 6.09 Å². The van der Waals surface area contributed by atoms with Gasteiger partial charge in [-0.3, -0.25) is 9.38 Å². The number of nitrogens with zero attached hydrogens (tertiary/aromatic N) is 5. The molecule has 2 aliphatic carbocycles. The lowest BCUT2D eigenvalue weighted by molar-refractivity contribution is 0.0974. The zero-order valence-electron chi connectivity index (χ0n) is 17.6. The quantitative estimate of drug-likeness (QED) is 0.788. The molecule has 1 N–H and O–H groups in total. The Hall–Kier alpha value is -2.48. The molecule has 0 radical (unpaired) electrons. The minimum absolute atomic E-state index is 0.0792. The van der Waals surface area contributed by atoms with Crippen molar-refractivity contribution in [3.05, 3.63) is 29.5 Å². The van der Waals surface area contributed by atoms with E-state index < -0.39 is 0 Å². The van der Waals surface area contributed by atoms with Gasteiger partial charge in [-0.15, -0.1) is 10.2 Å². The Balaban J connectivity index is 1.25. The SMILES string of the molecule is CC[C@@H]1C[C@H](OC(=O)NCCN2CCCC2)C[C@@H]1c1nnc2cnc3c(n12)C=CC3. The number of amides is 1. The highest BCUT2D eigenvalue weighted by Gasteiger charge is 2.39. The van der Waals surface area contributed by atoms with E-state index in [1.165, 1.54) is 12.8 Å². The van der Waals surface area contributed by atoms with Gasteiger partial charge in [0.05, 0.1) is 17.6 Å². The van der Waals surface area contributed by atoms with Crippen LogP contribution < -0.4 is 5.32 Å². The Kier molecular flexibility index (Phi) is 5.41. The molecule has 1 amide bonds. The molecule has 0 bridgehead atoms. The number of rotatable bonds is 6. The van der Waals surface area contributed by atoms with Gasteiger partial charge in [0.25, 0.3) is 0 Å². The van der Waals surface area contributed by atoms with Crippen molar-refractivity contribution in [3.8, 4) is 0 Å². The molecule has 0 aromatic carbocycles. The van der Waals surface area contributed by atoms with Crippen LogP contribution in [0.1, 0.15) is 62.2 Å². The number of hydrogen-bond donors (Lipinski definition) is 1. The first-order valence-electron chi connectivity index (χ1n) is 11.3. The third-order valence-corrected chi connectivity index (χ3v) is 6.85. The van der Waals surface area contributed by atoms with Gasteiger partial charge in [0.2, 0.25) is 0 Å². The minimum Gasteiger partial charge on any atom is -0.446 e. The summed E-state index contributed by atoms with van der Waals surface area (Å²) in [7, 11) is 0. The molecule has 160 valence electrons. The summed E-state index contributed by atoms with van der Waals surface area (Å²) in [5.74, 6) is 1.63. The molecule has 5 rings (SSSR count). The molecule has 3 atom stereocenters. The maximum absolute atomic E-state index is 12.3. The fourth-order valence-corrected chi connectivity index (χ4v) is 5.27. The largest absolute Gasteiger partial charge is 0.446 e. The van der Waals surface area contributed by atoms with Crippen molar-refractivity contribution in [2.24, 2.45) is 5.92 Å². The van der Waals surface area contributed by atoms with Crippen molar-refractivity contribution in [3.63, 3.8) is 0 Å². The number of nitrogens with one attached hydrogen (secondary N) is 1. The van der Waals surface area contributed by atoms with Crippen LogP contribution in [-0.2, 0) is 11.2 Å². The van der Waals surface area contributed by atoms with E-state index in [2.05, 4.69) is 48.9 Å². The summed E-state index contributed by atoms with van der Waals surface area (Å²) in [6.07, 6.45) is 11.7. The molecule has 2 aromatic rings. The van der Waals surface area contributed by atoms with E-state index in [4.69, 9.17) is 4.74 Å². The summed E-state index contributed by atoms with van der Waals surface area (Å²) in [5, 5.41) is 11.8. The number of allylic oxidation sites excluding steroid dienone is 1. The number of carbonyl (C=O) groups is 1. The zero-order valence-corrected chi connectivity index (χ0v) is 17.6. The fourth-order valence-electron chi connectivity index (χ4n) is 5.27. The summed E-state index contributed by atoms with van der Waals surface area (Å²) in [6, 6.07) is 0. The predicted octanol–water partition coefficient (Wildman–Crippen LogP) is 2.79. The maximum Gasteiger partial charge on any atom is 0.407 e. The Bertz CT molecular complexity index is 948. The van der Waals surface area contributed by atoms with Crippen LogP contribution in [0.4, 0.5) is 4.79 Å². The average Bonchev–Trinajstić information content (AvgIpc) is 3.52. The normalized spacial score (nSPS) is 25.8. The third-order valence-electron chi connectivity index (χ3n) is 6.85. The number of ether oxygens (including phenoxy) is 1. The standard InChI is InChI=1S/C22H30N6O2/c1-2-15-12-16(30-22(29)23-8-11-27-9-3-4-10-27)13-17(15)21-26-25-20-14-24-18-6-5-7-19(18)28(20)21/h5,7,14-17H,2-4,6,8-13H2,1H3,(H,23,29)/t15-,16+,17+/m1/s1. The third kappa shape index (κ3) is 3.69. The van der Waals surface area contributed by atoms with Gasteiger partial charge < -0.3 is 15.0 Å². The van der Waals surface area contributed by atoms with E-state index in [0.717, 1.165) is 68.2 Å². The molecule has 8 heteroatoms. The van der Waals surface area contributed by atoms with Crippen LogP contribution in [0, 0.1) is 5.92 Å². The Morgan fingerprint density at radius 2 is 2.13 bits per heavy atom. The first kappa shape index (κ1) is 19.5. The Labute approximate surface area is 176 Å². The van der Waals surface area contributed by atoms with Gasteiger partial charge in [-0.1, -0.05) is 19.4 Å². The molecular formula is C22H30N6O2. The highest BCUT2D eigenvalue weighted by atomic mass is 16.6. The second-order valence-electron chi connectivity index (χ2n) is 8.70. The molecular weight excluding hydrogens is 380 g/mol. The second-order valence-corrected chi connectivity index (χ2v) is 8.70. The zero-order chi connectivity index (χ0) is 20.5. The Morgan fingerprint density at radius 3 is 2.97 bits per heavy atom.